The highest BCUT2D eigenvalue weighted by atomic mass is 35.5. The summed E-state index contributed by atoms with van der Waals surface area (Å²) in [7, 11) is 3.31. The maximum atomic E-state index is 5.44. The van der Waals surface area contributed by atoms with Gasteiger partial charge in [-0.25, -0.2) is 0 Å². The average Bonchev–Trinajstić information content (AvgIpc) is 2.39. The number of morpholine rings is 1. The van der Waals surface area contributed by atoms with Gasteiger partial charge in [0, 0.05) is 12.6 Å². The van der Waals surface area contributed by atoms with Gasteiger partial charge in [-0.2, -0.15) is 0 Å². The van der Waals surface area contributed by atoms with Crippen molar-refractivity contribution in [3.05, 3.63) is 23.8 Å². The van der Waals surface area contributed by atoms with Crippen LogP contribution in [-0.4, -0.2) is 34.0 Å². The molecule has 1 fully saturated rings. The zero-order chi connectivity index (χ0) is 11.4. The topological polar surface area (TPSA) is 39.7 Å². The van der Waals surface area contributed by atoms with Gasteiger partial charge in [-0.1, -0.05) is 0 Å². The minimum Gasteiger partial charge on any atom is -0.497 e. The van der Waals surface area contributed by atoms with Crippen LogP contribution < -0.4 is 14.8 Å². The Balaban J connectivity index is 0.00000144. The molecule has 17 heavy (non-hydrogen) atoms. The first-order valence-corrected chi connectivity index (χ1v) is 5.37. The molecule has 0 bridgehead atoms. The van der Waals surface area contributed by atoms with Gasteiger partial charge in [0.1, 0.15) is 11.5 Å². The van der Waals surface area contributed by atoms with Crippen LogP contribution in [0.3, 0.4) is 0 Å². The molecule has 0 aliphatic carbocycles. The van der Waals surface area contributed by atoms with Crippen LogP contribution in [0.15, 0.2) is 18.2 Å². The molecule has 5 heteroatoms. The first-order chi connectivity index (χ1) is 7.83. The molecule has 96 valence electrons. The Bertz CT molecular complexity index is 331. The summed E-state index contributed by atoms with van der Waals surface area (Å²) in [6, 6.07) is 6.11. The molecular weight excluding hydrogens is 242 g/mol. The number of halogens is 1. The molecule has 0 radical (unpaired) electrons. The van der Waals surface area contributed by atoms with E-state index in [1.165, 1.54) is 0 Å². The molecule has 0 saturated carbocycles. The molecule has 1 heterocycles. The Morgan fingerprint density at radius 1 is 1.18 bits per heavy atom. The van der Waals surface area contributed by atoms with Crippen LogP contribution in [0.25, 0.3) is 0 Å². The second kappa shape index (κ2) is 6.69. The van der Waals surface area contributed by atoms with Crippen LogP contribution in [0.4, 0.5) is 0 Å². The van der Waals surface area contributed by atoms with E-state index in [0.29, 0.717) is 6.61 Å². The van der Waals surface area contributed by atoms with Crippen molar-refractivity contribution in [2.45, 2.75) is 6.04 Å². The molecule has 4 nitrogen and oxygen atoms in total. The Morgan fingerprint density at radius 2 is 1.82 bits per heavy atom. The van der Waals surface area contributed by atoms with Crippen LogP contribution in [-0.2, 0) is 4.74 Å². The lowest BCUT2D eigenvalue weighted by atomic mass is 10.1. The van der Waals surface area contributed by atoms with Gasteiger partial charge in [-0.05, 0) is 17.7 Å². The van der Waals surface area contributed by atoms with Gasteiger partial charge < -0.3 is 19.5 Å². The maximum Gasteiger partial charge on any atom is 0.122 e. The highest BCUT2D eigenvalue weighted by Gasteiger charge is 2.16. The van der Waals surface area contributed by atoms with Crippen LogP contribution >= 0.6 is 12.4 Å². The predicted molar refractivity (Wildman–Crippen MR) is 68.4 cm³/mol. The van der Waals surface area contributed by atoms with E-state index in [4.69, 9.17) is 14.2 Å². The molecular formula is C12H18ClNO3. The maximum absolute atomic E-state index is 5.44. The number of methoxy groups -OCH3 is 2. The number of rotatable bonds is 3. The normalized spacial score (nSPS) is 19.3. The first kappa shape index (κ1) is 14.1. The largest absolute Gasteiger partial charge is 0.497 e. The van der Waals surface area contributed by atoms with E-state index in [-0.39, 0.29) is 18.4 Å². The van der Waals surface area contributed by atoms with Crippen LogP contribution in [0, 0.1) is 0 Å². The molecule has 1 aromatic rings. The predicted octanol–water partition coefficient (Wildman–Crippen LogP) is 1.79. The number of nitrogens with one attached hydrogen (secondary N) is 1. The summed E-state index contributed by atoms with van der Waals surface area (Å²) in [6.45, 7) is 2.35. The molecule has 1 aliphatic heterocycles. The van der Waals surface area contributed by atoms with Crippen LogP contribution in [0.1, 0.15) is 11.6 Å². The van der Waals surface area contributed by atoms with Crippen molar-refractivity contribution in [2.24, 2.45) is 0 Å². The van der Waals surface area contributed by atoms with Crippen molar-refractivity contribution in [3.8, 4) is 11.5 Å². The van der Waals surface area contributed by atoms with E-state index in [1.54, 1.807) is 14.2 Å². The zero-order valence-electron chi connectivity index (χ0n) is 10.1. The second-order valence-corrected chi connectivity index (χ2v) is 3.73. The highest BCUT2D eigenvalue weighted by molar-refractivity contribution is 5.85. The lowest BCUT2D eigenvalue weighted by Gasteiger charge is -2.24. The SMILES string of the molecule is COc1cc(OC)cc([C@@H]2COCCN2)c1.Cl. The van der Waals surface area contributed by atoms with Gasteiger partial charge in [-0.3, -0.25) is 0 Å². The molecule has 1 atom stereocenters. The van der Waals surface area contributed by atoms with Crippen molar-refractivity contribution in [3.63, 3.8) is 0 Å². The molecule has 1 aliphatic rings. The Morgan fingerprint density at radius 3 is 2.29 bits per heavy atom. The number of ether oxygens (including phenoxy) is 3. The highest BCUT2D eigenvalue weighted by Crippen LogP contribution is 2.27. The van der Waals surface area contributed by atoms with Crippen LogP contribution in [0.2, 0.25) is 0 Å². The van der Waals surface area contributed by atoms with E-state index in [0.717, 1.165) is 30.2 Å². The Kier molecular flexibility index (Phi) is 5.55. The summed E-state index contributed by atoms with van der Waals surface area (Å²) in [6.07, 6.45) is 0. The fourth-order valence-electron chi connectivity index (χ4n) is 1.81. The molecule has 2 rings (SSSR count). The third-order valence-corrected chi connectivity index (χ3v) is 2.70. The fraction of sp³-hybridized carbons (Fsp3) is 0.500. The van der Waals surface area contributed by atoms with Crippen molar-refractivity contribution in [1.29, 1.82) is 0 Å². The quantitative estimate of drug-likeness (QED) is 0.898. The summed E-state index contributed by atoms with van der Waals surface area (Å²) in [5, 5.41) is 3.40. The molecule has 1 saturated heterocycles. The summed E-state index contributed by atoms with van der Waals surface area (Å²) in [4.78, 5) is 0. The van der Waals surface area contributed by atoms with E-state index in [9.17, 15) is 0 Å². The summed E-state index contributed by atoms with van der Waals surface area (Å²) in [5.41, 5.74) is 1.14. The average molecular weight is 260 g/mol. The molecule has 0 amide bonds. The van der Waals surface area contributed by atoms with Crippen molar-refractivity contribution >= 4 is 12.4 Å². The van der Waals surface area contributed by atoms with E-state index in [2.05, 4.69) is 5.32 Å². The Labute approximate surface area is 108 Å². The summed E-state index contributed by atoms with van der Waals surface area (Å²) < 4.78 is 15.9. The minimum atomic E-state index is 0. The smallest absolute Gasteiger partial charge is 0.122 e. The standard InChI is InChI=1S/C12H17NO3.ClH/c1-14-10-5-9(6-11(7-10)15-2)12-8-16-4-3-13-12;/h5-7,12-13H,3-4,8H2,1-2H3;1H/t12-;/m0./s1. The summed E-state index contributed by atoms with van der Waals surface area (Å²) in [5.74, 6) is 1.61. The lowest BCUT2D eigenvalue weighted by Crippen LogP contribution is -2.34. The van der Waals surface area contributed by atoms with Gasteiger partial charge in [0.25, 0.3) is 0 Å². The van der Waals surface area contributed by atoms with E-state index < -0.39 is 0 Å². The molecule has 0 aromatic heterocycles. The van der Waals surface area contributed by atoms with Crippen molar-refractivity contribution in [2.75, 3.05) is 34.0 Å². The lowest BCUT2D eigenvalue weighted by molar-refractivity contribution is 0.0767. The molecule has 0 unspecified atom stereocenters. The number of hydrogen-bond donors (Lipinski definition) is 1. The van der Waals surface area contributed by atoms with Gasteiger partial charge >= 0.3 is 0 Å². The molecule has 0 spiro atoms. The summed E-state index contributed by atoms with van der Waals surface area (Å²) >= 11 is 0. The van der Waals surface area contributed by atoms with Gasteiger partial charge in [0.05, 0.1) is 33.5 Å². The van der Waals surface area contributed by atoms with Crippen LogP contribution in [0.5, 0.6) is 11.5 Å². The van der Waals surface area contributed by atoms with Crippen molar-refractivity contribution < 1.29 is 14.2 Å². The molecule has 1 N–H and O–H groups in total. The second-order valence-electron chi connectivity index (χ2n) is 3.73. The number of benzene rings is 1. The zero-order valence-corrected chi connectivity index (χ0v) is 10.9. The third kappa shape index (κ3) is 3.49. The fourth-order valence-corrected chi connectivity index (χ4v) is 1.81. The van der Waals surface area contributed by atoms with E-state index >= 15 is 0 Å². The molecule has 1 aromatic carbocycles. The monoisotopic (exact) mass is 259 g/mol. The minimum absolute atomic E-state index is 0. The number of hydrogen-bond acceptors (Lipinski definition) is 4. The Hall–Kier alpha value is -0.970. The van der Waals surface area contributed by atoms with Gasteiger partial charge in [0.15, 0.2) is 0 Å². The first-order valence-electron chi connectivity index (χ1n) is 5.37. The van der Waals surface area contributed by atoms with Gasteiger partial charge in [-0.15, -0.1) is 12.4 Å². The van der Waals surface area contributed by atoms with E-state index in [1.807, 2.05) is 18.2 Å². The van der Waals surface area contributed by atoms with Gasteiger partial charge in [0.2, 0.25) is 0 Å². The third-order valence-electron chi connectivity index (χ3n) is 2.70. The van der Waals surface area contributed by atoms with Crippen molar-refractivity contribution in [1.82, 2.24) is 5.32 Å².